The molecule has 1 saturated heterocycles. The third-order valence-corrected chi connectivity index (χ3v) is 3.83. The quantitative estimate of drug-likeness (QED) is 0.889. The van der Waals surface area contributed by atoms with Crippen molar-refractivity contribution in [1.82, 2.24) is 5.32 Å². The molecule has 110 valence electrons. The SMILES string of the molecule is COc1cc(C)c(NC(=O)C2CCCN2)cc1C(C)C. The summed E-state index contributed by atoms with van der Waals surface area (Å²) in [5.74, 6) is 1.30. The standard InChI is InChI=1S/C16H24N2O2/c1-10(2)12-9-14(11(3)8-15(12)20-4)18-16(19)13-6-5-7-17-13/h8-10,13,17H,5-7H2,1-4H3,(H,18,19). The molecular formula is C16H24N2O2. The van der Waals surface area contributed by atoms with Crippen molar-refractivity contribution in [2.24, 2.45) is 0 Å². The van der Waals surface area contributed by atoms with Crippen LogP contribution < -0.4 is 15.4 Å². The minimum absolute atomic E-state index is 0.0565. The number of anilines is 1. The Labute approximate surface area is 120 Å². The minimum Gasteiger partial charge on any atom is -0.496 e. The van der Waals surface area contributed by atoms with Crippen LogP contribution in [-0.2, 0) is 4.79 Å². The predicted molar refractivity (Wildman–Crippen MR) is 81.5 cm³/mol. The van der Waals surface area contributed by atoms with Gasteiger partial charge in [0.25, 0.3) is 0 Å². The number of hydrogen-bond acceptors (Lipinski definition) is 3. The molecule has 1 unspecified atom stereocenters. The Hall–Kier alpha value is -1.55. The Balaban J connectivity index is 2.22. The number of carbonyl (C=O) groups is 1. The number of hydrogen-bond donors (Lipinski definition) is 2. The van der Waals surface area contributed by atoms with Gasteiger partial charge in [-0.25, -0.2) is 0 Å². The van der Waals surface area contributed by atoms with Gasteiger partial charge in [0.1, 0.15) is 5.75 Å². The van der Waals surface area contributed by atoms with E-state index in [1.165, 1.54) is 0 Å². The fraction of sp³-hybridized carbons (Fsp3) is 0.562. The molecule has 1 aliphatic rings. The van der Waals surface area contributed by atoms with Gasteiger partial charge in [0.2, 0.25) is 5.91 Å². The minimum atomic E-state index is -0.0565. The summed E-state index contributed by atoms with van der Waals surface area (Å²) in [6.45, 7) is 7.16. The summed E-state index contributed by atoms with van der Waals surface area (Å²) < 4.78 is 5.42. The third kappa shape index (κ3) is 3.12. The predicted octanol–water partition coefficient (Wildman–Crippen LogP) is 2.82. The summed E-state index contributed by atoms with van der Waals surface area (Å²) in [6, 6.07) is 3.97. The van der Waals surface area contributed by atoms with Gasteiger partial charge in [0.05, 0.1) is 13.2 Å². The summed E-state index contributed by atoms with van der Waals surface area (Å²) in [7, 11) is 1.68. The van der Waals surface area contributed by atoms with E-state index in [1.807, 2.05) is 19.1 Å². The summed E-state index contributed by atoms with van der Waals surface area (Å²) in [6.07, 6.45) is 1.98. The summed E-state index contributed by atoms with van der Waals surface area (Å²) >= 11 is 0. The number of aryl methyl sites for hydroxylation is 1. The number of ether oxygens (including phenoxy) is 1. The van der Waals surface area contributed by atoms with Crippen LogP contribution in [0.1, 0.15) is 43.7 Å². The van der Waals surface area contributed by atoms with Crippen LogP contribution in [0.2, 0.25) is 0 Å². The van der Waals surface area contributed by atoms with E-state index in [9.17, 15) is 4.79 Å². The molecule has 1 heterocycles. The van der Waals surface area contributed by atoms with Gasteiger partial charge in [-0.05, 0) is 55.5 Å². The average Bonchev–Trinajstić information content (AvgIpc) is 2.94. The maximum atomic E-state index is 12.2. The van der Waals surface area contributed by atoms with Gasteiger partial charge in [0, 0.05) is 5.69 Å². The number of carbonyl (C=O) groups excluding carboxylic acids is 1. The van der Waals surface area contributed by atoms with E-state index >= 15 is 0 Å². The zero-order valence-corrected chi connectivity index (χ0v) is 12.7. The van der Waals surface area contributed by atoms with Crippen LogP contribution in [0.3, 0.4) is 0 Å². The summed E-state index contributed by atoms with van der Waals surface area (Å²) in [4.78, 5) is 12.2. The van der Waals surface area contributed by atoms with E-state index in [1.54, 1.807) is 7.11 Å². The lowest BCUT2D eigenvalue weighted by molar-refractivity contribution is -0.117. The molecule has 2 N–H and O–H groups in total. The van der Waals surface area contributed by atoms with Crippen LogP contribution in [0.15, 0.2) is 12.1 Å². The Morgan fingerprint density at radius 1 is 1.45 bits per heavy atom. The lowest BCUT2D eigenvalue weighted by atomic mass is 9.99. The largest absolute Gasteiger partial charge is 0.496 e. The van der Waals surface area contributed by atoms with E-state index in [2.05, 4.69) is 24.5 Å². The highest BCUT2D eigenvalue weighted by Gasteiger charge is 2.22. The van der Waals surface area contributed by atoms with E-state index in [0.29, 0.717) is 5.92 Å². The van der Waals surface area contributed by atoms with Crippen LogP contribution >= 0.6 is 0 Å². The molecule has 1 aromatic rings. The molecule has 0 radical (unpaired) electrons. The fourth-order valence-corrected chi connectivity index (χ4v) is 2.59. The lowest BCUT2D eigenvalue weighted by Crippen LogP contribution is -2.35. The van der Waals surface area contributed by atoms with Crippen molar-refractivity contribution in [3.8, 4) is 5.75 Å². The number of benzene rings is 1. The van der Waals surface area contributed by atoms with Gasteiger partial charge < -0.3 is 15.4 Å². The normalized spacial score (nSPS) is 18.4. The van der Waals surface area contributed by atoms with Crippen LogP contribution in [0, 0.1) is 6.92 Å². The molecule has 4 nitrogen and oxygen atoms in total. The Bertz CT molecular complexity index is 491. The average molecular weight is 276 g/mol. The molecule has 0 aliphatic carbocycles. The Kier molecular flexibility index (Phi) is 4.65. The van der Waals surface area contributed by atoms with Crippen LogP contribution in [0.4, 0.5) is 5.69 Å². The van der Waals surface area contributed by atoms with Crippen molar-refractivity contribution in [1.29, 1.82) is 0 Å². The molecule has 1 aliphatic heterocycles. The van der Waals surface area contributed by atoms with Crippen LogP contribution in [0.25, 0.3) is 0 Å². The van der Waals surface area contributed by atoms with Crippen LogP contribution in [-0.4, -0.2) is 25.6 Å². The van der Waals surface area contributed by atoms with Gasteiger partial charge in [-0.3, -0.25) is 4.79 Å². The third-order valence-electron chi connectivity index (χ3n) is 3.83. The second-order valence-corrected chi connectivity index (χ2v) is 5.70. The van der Waals surface area contributed by atoms with Gasteiger partial charge in [0.15, 0.2) is 0 Å². The van der Waals surface area contributed by atoms with E-state index in [4.69, 9.17) is 4.74 Å². The molecule has 20 heavy (non-hydrogen) atoms. The second kappa shape index (κ2) is 6.27. The first kappa shape index (κ1) is 14.9. The highest BCUT2D eigenvalue weighted by Crippen LogP contribution is 2.32. The first-order valence-electron chi connectivity index (χ1n) is 7.25. The van der Waals surface area contributed by atoms with Crippen molar-refractivity contribution < 1.29 is 9.53 Å². The number of rotatable bonds is 4. The molecular weight excluding hydrogens is 252 g/mol. The topological polar surface area (TPSA) is 50.4 Å². The second-order valence-electron chi connectivity index (χ2n) is 5.70. The van der Waals surface area contributed by atoms with Crippen molar-refractivity contribution >= 4 is 11.6 Å². The van der Waals surface area contributed by atoms with Crippen molar-refractivity contribution in [3.63, 3.8) is 0 Å². The van der Waals surface area contributed by atoms with E-state index in [-0.39, 0.29) is 11.9 Å². The van der Waals surface area contributed by atoms with Gasteiger partial charge in [-0.2, -0.15) is 0 Å². The first-order chi connectivity index (χ1) is 9.52. The van der Waals surface area contributed by atoms with Gasteiger partial charge >= 0.3 is 0 Å². The highest BCUT2D eigenvalue weighted by molar-refractivity contribution is 5.95. The fourth-order valence-electron chi connectivity index (χ4n) is 2.59. The zero-order chi connectivity index (χ0) is 14.7. The van der Waals surface area contributed by atoms with E-state index < -0.39 is 0 Å². The zero-order valence-electron chi connectivity index (χ0n) is 12.7. The molecule has 1 atom stereocenters. The maximum absolute atomic E-state index is 12.2. The highest BCUT2D eigenvalue weighted by atomic mass is 16.5. The molecule has 0 spiro atoms. The molecule has 4 heteroatoms. The Morgan fingerprint density at radius 2 is 2.20 bits per heavy atom. The van der Waals surface area contributed by atoms with Gasteiger partial charge in [-0.15, -0.1) is 0 Å². The molecule has 2 rings (SSSR count). The molecule has 1 amide bonds. The Morgan fingerprint density at radius 3 is 2.75 bits per heavy atom. The summed E-state index contributed by atoms with van der Waals surface area (Å²) in [5.41, 5.74) is 3.03. The summed E-state index contributed by atoms with van der Waals surface area (Å²) in [5, 5.41) is 6.26. The molecule has 1 aromatic carbocycles. The van der Waals surface area contributed by atoms with Crippen molar-refractivity contribution in [3.05, 3.63) is 23.3 Å². The molecule has 0 aromatic heterocycles. The maximum Gasteiger partial charge on any atom is 0.241 e. The smallest absolute Gasteiger partial charge is 0.241 e. The van der Waals surface area contributed by atoms with Crippen LogP contribution in [0.5, 0.6) is 5.75 Å². The van der Waals surface area contributed by atoms with Crippen molar-refractivity contribution in [2.75, 3.05) is 19.0 Å². The van der Waals surface area contributed by atoms with Crippen molar-refractivity contribution in [2.45, 2.75) is 45.6 Å². The molecule has 0 saturated carbocycles. The lowest BCUT2D eigenvalue weighted by Gasteiger charge is -2.18. The monoisotopic (exact) mass is 276 g/mol. The molecule has 0 bridgehead atoms. The first-order valence-corrected chi connectivity index (χ1v) is 7.25. The van der Waals surface area contributed by atoms with E-state index in [0.717, 1.165) is 42.0 Å². The molecule has 1 fully saturated rings. The van der Waals surface area contributed by atoms with Gasteiger partial charge in [-0.1, -0.05) is 13.8 Å². The number of methoxy groups -OCH3 is 1. The number of amides is 1. The number of nitrogens with one attached hydrogen (secondary N) is 2.